The Bertz CT molecular complexity index is 645. The Balaban J connectivity index is 1.69. The summed E-state index contributed by atoms with van der Waals surface area (Å²) in [4.78, 5) is 15.7. The smallest absolute Gasteiger partial charge is 0.244 e. The normalized spacial score (nSPS) is 12.1. The number of pyridine rings is 1. The van der Waals surface area contributed by atoms with Crippen molar-refractivity contribution in [3.63, 3.8) is 0 Å². The molecule has 0 spiro atoms. The number of aliphatic hydroxyl groups excluding tert-OH is 1. The lowest BCUT2D eigenvalue weighted by Gasteiger charge is -2.12. The SMILES string of the molecule is O=C(/C=C/c1ccccn1)NCC(O)COc1ccc(F)cc1. The molecule has 2 aromatic rings. The minimum Gasteiger partial charge on any atom is -0.491 e. The van der Waals surface area contributed by atoms with Crippen LogP contribution in [-0.2, 0) is 4.79 Å². The Morgan fingerprint density at radius 2 is 2.09 bits per heavy atom. The maximum Gasteiger partial charge on any atom is 0.244 e. The van der Waals surface area contributed by atoms with E-state index in [9.17, 15) is 14.3 Å². The van der Waals surface area contributed by atoms with E-state index in [1.54, 1.807) is 24.4 Å². The van der Waals surface area contributed by atoms with E-state index >= 15 is 0 Å². The maximum absolute atomic E-state index is 12.7. The third kappa shape index (κ3) is 6.27. The summed E-state index contributed by atoms with van der Waals surface area (Å²) in [6, 6.07) is 10.9. The first-order valence-corrected chi connectivity index (χ1v) is 7.07. The van der Waals surface area contributed by atoms with Crippen molar-refractivity contribution in [1.82, 2.24) is 10.3 Å². The number of halogens is 1. The average Bonchev–Trinajstić information content (AvgIpc) is 2.58. The number of aliphatic hydroxyl groups is 1. The molecule has 2 N–H and O–H groups in total. The number of ether oxygens (including phenoxy) is 1. The quantitative estimate of drug-likeness (QED) is 0.764. The molecule has 1 atom stereocenters. The van der Waals surface area contributed by atoms with Crippen LogP contribution < -0.4 is 10.1 Å². The highest BCUT2D eigenvalue weighted by Crippen LogP contribution is 2.11. The number of hydrogen-bond acceptors (Lipinski definition) is 4. The van der Waals surface area contributed by atoms with Gasteiger partial charge in [0.2, 0.25) is 5.91 Å². The van der Waals surface area contributed by atoms with Crippen molar-refractivity contribution < 1.29 is 19.0 Å². The van der Waals surface area contributed by atoms with Gasteiger partial charge in [-0.2, -0.15) is 0 Å². The number of amides is 1. The molecule has 0 aliphatic rings. The Morgan fingerprint density at radius 3 is 2.78 bits per heavy atom. The molecule has 5 nitrogen and oxygen atoms in total. The largest absolute Gasteiger partial charge is 0.491 e. The molecule has 0 saturated carbocycles. The lowest BCUT2D eigenvalue weighted by molar-refractivity contribution is -0.117. The van der Waals surface area contributed by atoms with Gasteiger partial charge in [0, 0.05) is 18.8 Å². The van der Waals surface area contributed by atoms with Gasteiger partial charge >= 0.3 is 0 Å². The summed E-state index contributed by atoms with van der Waals surface area (Å²) in [7, 11) is 0. The van der Waals surface area contributed by atoms with Crippen molar-refractivity contribution in [3.05, 3.63) is 66.2 Å². The standard InChI is InChI=1S/C17H17FN2O3/c18-13-4-7-16(8-5-13)23-12-15(21)11-20-17(22)9-6-14-3-1-2-10-19-14/h1-10,15,21H,11-12H2,(H,20,22)/b9-6+. The van der Waals surface area contributed by atoms with Gasteiger partial charge in [-0.25, -0.2) is 4.39 Å². The first-order valence-electron chi connectivity index (χ1n) is 7.07. The van der Waals surface area contributed by atoms with Crippen LogP contribution in [0.15, 0.2) is 54.7 Å². The number of carbonyl (C=O) groups is 1. The van der Waals surface area contributed by atoms with Gasteiger partial charge < -0.3 is 15.2 Å². The van der Waals surface area contributed by atoms with Crippen LogP contribution in [0.5, 0.6) is 5.75 Å². The Hall–Kier alpha value is -2.73. The molecule has 23 heavy (non-hydrogen) atoms. The monoisotopic (exact) mass is 316 g/mol. The molecule has 1 aromatic carbocycles. The fourth-order valence-electron chi connectivity index (χ4n) is 1.70. The number of rotatable bonds is 7. The third-order valence-electron chi connectivity index (χ3n) is 2.86. The molecule has 1 amide bonds. The second-order valence-corrected chi connectivity index (χ2v) is 4.75. The van der Waals surface area contributed by atoms with Crippen molar-refractivity contribution in [2.75, 3.05) is 13.2 Å². The summed E-state index contributed by atoms with van der Waals surface area (Å²) in [5, 5.41) is 12.3. The van der Waals surface area contributed by atoms with E-state index in [0.717, 1.165) is 0 Å². The van der Waals surface area contributed by atoms with Gasteiger partial charge in [-0.3, -0.25) is 9.78 Å². The highest BCUT2D eigenvalue weighted by molar-refractivity contribution is 5.91. The molecule has 0 bridgehead atoms. The van der Waals surface area contributed by atoms with Crippen molar-refractivity contribution in [2.45, 2.75) is 6.10 Å². The predicted molar refractivity (Wildman–Crippen MR) is 84.2 cm³/mol. The number of hydrogen-bond donors (Lipinski definition) is 2. The summed E-state index contributed by atoms with van der Waals surface area (Å²) in [6.07, 6.45) is 3.69. The summed E-state index contributed by atoms with van der Waals surface area (Å²) in [6.45, 7) is 0.0441. The minimum atomic E-state index is -0.868. The van der Waals surface area contributed by atoms with Crippen molar-refractivity contribution >= 4 is 12.0 Å². The van der Waals surface area contributed by atoms with Crippen LogP contribution in [0, 0.1) is 5.82 Å². The average molecular weight is 316 g/mol. The molecular weight excluding hydrogens is 299 g/mol. The topological polar surface area (TPSA) is 71.5 Å². The van der Waals surface area contributed by atoms with E-state index in [4.69, 9.17) is 4.74 Å². The zero-order valence-electron chi connectivity index (χ0n) is 12.4. The van der Waals surface area contributed by atoms with Crippen LogP contribution in [0.3, 0.4) is 0 Å². The zero-order valence-corrected chi connectivity index (χ0v) is 12.4. The van der Waals surface area contributed by atoms with E-state index in [1.807, 2.05) is 6.07 Å². The number of nitrogens with one attached hydrogen (secondary N) is 1. The third-order valence-corrected chi connectivity index (χ3v) is 2.86. The molecular formula is C17H17FN2O3. The van der Waals surface area contributed by atoms with E-state index in [2.05, 4.69) is 10.3 Å². The molecule has 0 saturated heterocycles. The molecule has 6 heteroatoms. The van der Waals surface area contributed by atoms with Crippen LogP contribution in [0.4, 0.5) is 4.39 Å². The molecule has 2 rings (SSSR count). The molecule has 0 fully saturated rings. The Morgan fingerprint density at radius 1 is 1.30 bits per heavy atom. The van der Waals surface area contributed by atoms with Gasteiger partial charge in [0.1, 0.15) is 24.3 Å². The minimum absolute atomic E-state index is 0.00410. The zero-order chi connectivity index (χ0) is 16.5. The van der Waals surface area contributed by atoms with Crippen molar-refractivity contribution in [2.24, 2.45) is 0 Å². The van der Waals surface area contributed by atoms with Gasteiger partial charge in [-0.1, -0.05) is 6.07 Å². The molecule has 1 aromatic heterocycles. The molecule has 0 aliphatic heterocycles. The van der Waals surface area contributed by atoms with Gasteiger partial charge in [-0.15, -0.1) is 0 Å². The van der Waals surface area contributed by atoms with E-state index in [-0.39, 0.29) is 24.9 Å². The Kier molecular flexibility index (Phi) is 6.26. The number of aromatic nitrogens is 1. The lowest BCUT2D eigenvalue weighted by atomic mass is 10.3. The fraction of sp³-hybridized carbons (Fsp3) is 0.176. The number of benzene rings is 1. The predicted octanol–water partition coefficient (Wildman–Crippen LogP) is 1.79. The summed E-state index contributed by atoms with van der Waals surface area (Å²) in [5.41, 5.74) is 0.669. The summed E-state index contributed by atoms with van der Waals surface area (Å²) in [5.74, 6) is -0.242. The van der Waals surface area contributed by atoms with Gasteiger partial charge in [0.15, 0.2) is 0 Å². The van der Waals surface area contributed by atoms with E-state index in [1.165, 1.54) is 30.3 Å². The lowest BCUT2D eigenvalue weighted by Crippen LogP contribution is -2.34. The first kappa shape index (κ1) is 16.6. The second-order valence-electron chi connectivity index (χ2n) is 4.75. The molecule has 120 valence electrons. The first-order chi connectivity index (χ1) is 11.1. The van der Waals surface area contributed by atoms with E-state index in [0.29, 0.717) is 11.4 Å². The summed E-state index contributed by atoms with van der Waals surface area (Å²) >= 11 is 0. The van der Waals surface area contributed by atoms with Crippen LogP contribution in [0.2, 0.25) is 0 Å². The summed E-state index contributed by atoms with van der Waals surface area (Å²) < 4.78 is 18.0. The number of nitrogens with zero attached hydrogens (tertiary/aromatic N) is 1. The number of carbonyl (C=O) groups excluding carboxylic acids is 1. The van der Waals surface area contributed by atoms with Crippen LogP contribution >= 0.6 is 0 Å². The molecule has 0 aliphatic carbocycles. The fourth-order valence-corrected chi connectivity index (χ4v) is 1.70. The highest BCUT2D eigenvalue weighted by atomic mass is 19.1. The van der Waals surface area contributed by atoms with Gasteiger partial charge in [-0.05, 0) is 42.5 Å². The van der Waals surface area contributed by atoms with Crippen molar-refractivity contribution in [1.29, 1.82) is 0 Å². The maximum atomic E-state index is 12.7. The molecule has 1 heterocycles. The van der Waals surface area contributed by atoms with Gasteiger partial charge in [0.25, 0.3) is 0 Å². The van der Waals surface area contributed by atoms with Crippen LogP contribution in [0.1, 0.15) is 5.69 Å². The van der Waals surface area contributed by atoms with E-state index < -0.39 is 6.10 Å². The van der Waals surface area contributed by atoms with Crippen LogP contribution in [-0.4, -0.2) is 35.3 Å². The molecule has 1 unspecified atom stereocenters. The molecule has 0 radical (unpaired) electrons. The second kappa shape index (κ2) is 8.65. The Labute approximate surface area is 133 Å². The van der Waals surface area contributed by atoms with Gasteiger partial charge in [0.05, 0.1) is 5.69 Å². The van der Waals surface area contributed by atoms with Crippen LogP contribution in [0.25, 0.3) is 6.08 Å². The highest BCUT2D eigenvalue weighted by Gasteiger charge is 2.06. The van der Waals surface area contributed by atoms with Crippen molar-refractivity contribution in [3.8, 4) is 5.75 Å².